The minimum Gasteiger partial charge on any atom is -0.469 e. The number of methoxy groups -OCH3 is 1. The van der Waals surface area contributed by atoms with Crippen LogP contribution in [0.1, 0.15) is 32.7 Å². The molecule has 1 aromatic carbocycles. The number of aromatic nitrogens is 2. The highest BCUT2D eigenvalue weighted by molar-refractivity contribution is 6.30. The third kappa shape index (κ3) is 4.30. The van der Waals surface area contributed by atoms with Gasteiger partial charge in [-0.2, -0.15) is 4.98 Å². The Morgan fingerprint density at radius 2 is 2.04 bits per heavy atom. The van der Waals surface area contributed by atoms with Crippen molar-refractivity contribution in [1.29, 1.82) is 0 Å². The van der Waals surface area contributed by atoms with Crippen LogP contribution in [0.2, 0.25) is 5.02 Å². The molecule has 124 valence electrons. The van der Waals surface area contributed by atoms with Crippen molar-refractivity contribution in [3.8, 4) is 11.4 Å². The number of benzene rings is 1. The van der Waals surface area contributed by atoms with Gasteiger partial charge in [-0.1, -0.05) is 16.8 Å². The molecular formula is C16H20ClN3O3. The summed E-state index contributed by atoms with van der Waals surface area (Å²) in [6.07, 6.45) is 0. The van der Waals surface area contributed by atoms with Gasteiger partial charge in [0.2, 0.25) is 11.7 Å². The molecule has 1 aromatic heterocycles. The number of carbonyl (C=O) groups is 1. The average molecular weight is 338 g/mol. The molecule has 23 heavy (non-hydrogen) atoms. The van der Waals surface area contributed by atoms with Gasteiger partial charge in [-0.3, -0.25) is 4.79 Å². The van der Waals surface area contributed by atoms with Gasteiger partial charge in [-0.05, 0) is 45.0 Å². The van der Waals surface area contributed by atoms with E-state index in [0.717, 1.165) is 5.56 Å². The van der Waals surface area contributed by atoms with Crippen LogP contribution in [0, 0.1) is 5.41 Å². The lowest BCUT2D eigenvalue weighted by atomic mass is 9.93. The van der Waals surface area contributed by atoms with Crippen molar-refractivity contribution < 1.29 is 14.1 Å². The Morgan fingerprint density at radius 1 is 1.39 bits per heavy atom. The Labute approximate surface area is 140 Å². The molecule has 1 heterocycles. The van der Waals surface area contributed by atoms with Crippen LogP contribution < -0.4 is 5.32 Å². The Kier molecular flexibility index (Phi) is 5.38. The summed E-state index contributed by atoms with van der Waals surface area (Å²) < 4.78 is 10.1. The molecule has 1 atom stereocenters. The summed E-state index contributed by atoms with van der Waals surface area (Å²) in [6.45, 7) is 5.95. The van der Waals surface area contributed by atoms with Gasteiger partial charge in [0.1, 0.15) is 0 Å². The van der Waals surface area contributed by atoms with Crippen molar-refractivity contribution in [2.45, 2.75) is 26.8 Å². The summed E-state index contributed by atoms with van der Waals surface area (Å²) in [6, 6.07) is 7.01. The van der Waals surface area contributed by atoms with E-state index in [1.807, 2.05) is 32.9 Å². The minimum atomic E-state index is -0.637. The molecule has 6 nitrogen and oxygen atoms in total. The maximum atomic E-state index is 11.7. The Morgan fingerprint density at radius 3 is 2.65 bits per heavy atom. The molecular weight excluding hydrogens is 318 g/mol. The monoisotopic (exact) mass is 337 g/mol. The van der Waals surface area contributed by atoms with E-state index in [2.05, 4.69) is 15.5 Å². The molecule has 0 saturated carbocycles. The standard InChI is InChI=1S/C16H20ClN3O3/c1-10(18-9-16(2,3)15(21)22-4)14-19-13(20-23-14)11-5-7-12(17)8-6-11/h5-8,10,18H,9H2,1-4H3/t10-/m0/s1. The van der Waals surface area contributed by atoms with E-state index in [9.17, 15) is 4.79 Å². The van der Waals surface area contributed by atoms with E-state index >= 15 is 0 Å². The van der Waals surface area contributed by atoms with Gasteiger partial charge in [0.25, 0.3) is 0 Å². The molecule has 2 rings (SSSR count). The van der Waals surface area contributed by atoms with Gasteiger partial charge < -0.3 is 14.6 Å². The molecule has 2 aromatic rings. The summed E-state index contributed by atoms with van der Waals surface area (Å²) in [5.74, 6) is 0.678. The van der Waals surface area contributed by atoms with Gasteiger partial charge in [0, 0.05) is 17.1 Å². The number of hydrogen-bond acceptors (Lipinski definition) is 6. The molecule has 0 unspecified atom stereocenters. The molecule has 0 spiro atoms. The largest absolute Gasteiger partial charge is 0.469 e. The van der Waals surface area contributed by atoms with E-state index in [1.54, 1.807) is 12.1 Å². The van der Waals surface area contributed by atoms with Gasteiger partial charge >= 0.3 is 5.97 Å². The van der Waals surface area contributed by atoms with Crippen molar-refractivity contribution in [3.05, 3.63) is 35.2 Å². The maximum absolute atomic E-state index is 11.7. The molecule has 0 radical (unpaired) electrons. The lowest BCUT2D eigenvalue weighted by Crippen LogP contribution is -2.38. The number of carbonyl (C=O) groups excluding carboxylic acids is 1. The number of nitrogens with zero attached hydrogens (tertiary/aromatic N) is 2. The van der Waals surface area contributed by atoms with Crippen LogP contribution in [0.15, 0.2) is 28.8 Å². The number of halogens is 1. The summed E-state index contributed by atoms with van der Waals surface area (Å²) >= 11 is 5.86. The minimum absolute atomic E-state index is 0.188. The molecule has 0 aliphatic heterocycles. The second-order valence-electron chi connectivity index (χ2n) is 5.94. The molecule has 0 aliphatic rings. The first-order valence-electron chi connectivity index (χ1n) is 7.25. The van der Waals surface area contributed by atoms with Crippen LogP contribution in [-0.4, -0.2) is 29.8 Å². The van der Waals surface area contributed by atoms with Crippen LogP contribution in [0.3, 0.4) is 0 Å². The van der Waals surface area contributed by atoms with Gasteiger partial charge in [0.15, 0.2) is 0 Å². The number of rotatable bonds is 6. The molecule has 0 aliphatic carbocycles. The highest BCUT2D eigenvalue weighted by Crippen LogP contribution is 2.22. The Hall–Kier alpha value is -1.92. The fourth-order valence-corrected chi connectivity index (χ4v) is 2.10. The zero-order valence-corrected chi connectivity index (χ0v) is 14.3. The van der Waals surface area contributed by atoms with Crippen molar-refractivity contribution in [2.24, 2.45) is 5.41 Å². The van der Waals surface area contributed by atoms with Crippen molar-refractivity contribution in [2.75, 3.05) is 13.7 Å². The topological polar surface area (TPSA) is 77.2 Å². The van der Waals surface area contributed by atoms with E-state index in [-0.39, 0.29) is 12.0 Å². The Bertz CT molecular complexity index is 667. The number of hydrogen-bond donors (Lipinski definition) is 1. The summed E-state index contributed by atoms with van der Waals surface area (Å²) in [4.78, 5) is 16.1. The fourth-order valence-electron chi connectivity index (χ4n) is 1.97. The van der Waals surface area contributed by atoms with Gasteiger partial charge in [-0.25, -0.2) is 0 Å². The van der Waals surface area contributed by atoms with Crippen LogP contribution in [0.5, 0.6) is 0 Å². The highest BCUT2D eigenvalue weighted by atomic mass is 35.5. The Balaban J connectivity index is 2.02. The first kappa shape index (κ1) is 17.4. The first-order valence-corrected chi connectivity index (χ1v) is 7.62. The molecule has 0 bridgehead atoms. The van der Waals surface area contributed by atoms with Crippen LogP contribution >= 0.6 is 11.6 Å². The van der Waals surface area contributed by atoms with Crippen LogP contribution in [0.25, 0.3) is 11.4 Å². The number of esters is 1. The number of ether oxygens (including phenoxy) is 1. The smallest absolute Gasteiger partial charge is 0.312 e. The molecule has 0 amide bonds. The number of nitrogens with one attached hydrogen (secondary N) is 1. The summed E-state index contributed by atoms with van der Waals surface area (Å²) in [5.41, 5.74) is 0.189. The van der Waals surface area contributed by atoms with E-state index < -0.39 is 5.41 Å². The lowest BCUT2D eigenvalue weighted by molar-refractivity contribution is -0.150. The van der Waals surface area contributed by atoms with E-state index in [0.29, 0.717) is 23.3 Å². The van der Waals surface area contributed by atoms with E-state index in [1.165, 1.54) is 7.11 Å². The van der Waals surface area contributed by atoms with E-state index in [4.69, 9.17) is 20.9 Å². The summed E-state index contributed by atoms with van der Waals surface area (Å²) in [5, 5.41) is 7.83. The second-order valence-corrected chi connectivity index (χ2v) is 6.38. The predicted molar refractivity (Wildman–Crippen MR) is 87.0 cm³/mol. The quantitative estimate of drug-likeness (QED) is 0.815. The molecule has 0 saturated heterocycles. The normalized spacial score (nSPS) is 12.9. The molecule has 1 N–H and O–H groups in total. The van der Waals surface area contributed by atoms with Crippen molar-refractivity contribution in [3.63, 3.8) is 0 Å². The van der Waals surface area contributed by atoms with Gasteiger partial charge in [0.05, 0.1) is 18.6 Å². The zero-order chi connectivity index (χ0) is 17.0. The van der Waals surface area contributed by atoms with Crippen molar-refractivity contribution in [1.82, 2.24) is 15.5 Å². The highest BCUT2D eigenvalue weighted by Gasteiger charge is 2.29. The van der Waals surface area contributed by atoms with Crippen LogP contribution in [0.4, 0.5) is 0 Å². The SMILES string of the molecule is COC(=O)C(C)(C)CN[C@@H](C)c1nc(-c2ccc(Cl)cc2)no1. The predicted octanol–water partition coefficient (Wildman–Crippen LogP) is 3.24. The van der Waals surface area contributed by atoms with Crippen molar-refractivity contribution >= 4 is 17.6 Å². The fraction of sp³-hybridized carbons (Fsp3) is 0.438. The second kappa shape index (κ2) is 7.10. The average Bonchev–Trinajstić information content (AvgIpc) is 3.02. The third-order valence-corrected chi connectivity index (χ3v) is 3.75. The zero-order valence-electron chi connectivity index (χ0n) is 13.6. The first-order chi connectivity index (χ1) is 10.8. The molecule has 0 fully saturated rings. The van der Waals surface area contributed by atoms with Crippen LogP contribution in [-0.2, 0) is 9.53 Å². The van der Waals surface area contributed by atoms with Gasteiger partial charge in [-0.15, -0.1) is 0 Å². The third-order valence-electron chi connectivity index (χ3n) is 3.50. The molecule has 7 heteroatoms. The maximum Gasteiger partial charge on any atom is 0.312 e. The lowest BCUT2D eigenvalue weighted by Gasteiger charge is -2.23. The summed E-state index contributed by atoms with van der Waals surface area (Å²) in [7, 11) is 1.38.